The summed E-state index contributed by atoms with van der Waals surface area (Å²) in [5.41, 5.74) is 4.66. The van der Waals surface area contributed by atoms with E-state index < -0.39 is 10.0 Å². The van der Waals surface area contributed by atoms with Crippen LogP contribution in [0.2, 0.25) is 0 Å². The smallest absolute Gasteiger partial charge is 0.260 e. The van der Waals surface area contributed by atoms with Gasteiger partial charge in [-0.2, -0.15) is 0 Å². The van der Waals surface area contributed by atoms with Crippen molar-refractivity contribution in [2.75, 3.05) is 43.0 Å². The minimum absolute atomic E-state index is 0.0270. The predicted molar refractivity (Wildman–Crippen MR) is 201 cm³/mol. The van der Waals surface area contributed by atoms with E-state index >= 15 is 0 Å². The number of nitrogens with one attached hydrogen (secondary N) is 2. The Balaban J connectivity index is 1.01. The number of aryl methyl sites for hydroxylation is 1. The van der Waals surface area contributed by atoms with Gasteiger partial charge in [0.05, 0.1) is 4.90 Å². The Hall–Kier alpha value is -5.78. The number of hydrogen-bond acceptors (Lipinski definition) is 8. The van der Waals surface area contributed by atoms with Crippen LogP contribution in [0.1, 0.15) is 11.1 Å². The quantitative estimate of drug-likeness (QED) is 0.157. The van der Waals surface area contributed by atoms with Gasteiger partial charge in [0.2, 0.25) is 10.0 Å². The van der Waals surface area contributed by atoms with Crippen molar-refractivity contribution >= 4 is 43.9 Å². The van der Waals surface area contributed by atoms with E-state index in [0.29, 0.717) is 41.5 Å². The molecule has 1 aromatic heterocycles. The third kappa shape index (κ3) is 7.85. The van der Waals surface area contributed by atoms with Crippen LogP contribution in [0.5, 0.6) is 5.75 Å². The second-order valence-corrected chi connectivity index (χ2v) is 14.1. The molecule has 6 aromatic rings. The first kappa shape index (κ1) is 33.7. The number of fused-ring (bicyclic) bond motifs is 1. The minimum atomic E-state index is -3.80. The number of anilines is 3. The molecule has 5 aromatic carbocycles. The first-order valence-electron chi connectivity index (χ1n) is 16.8. The number of para-hydroxylation sites is 1. The van der Waals surface area contributed by atoms with Gasteiger partial charge in [-0.15, -0.1) is 10.2 Å². The molecule has 0 bridgehead atoms. The Morgan fingerprint density at radius 3 is 2.16 bits per heavy atom. The highest BCUT2D eigenvalue weighted by molar-refractivity contribution is 7.89. The monoisotopic (exact) mass is 698 g/mol. The molecule has 2 heterocycles. The molecule has 0 spiro atoms. The number of carbonyl (C=O) groups is 1. The third-order valence-corrected chi connectivity index (χ3v) is 10.5. The molecule has 1 amide bonds. The molecule has 0 unspecified atom stereocenters. The van der Waals surface area contributed by atoms with Crippen molar-refractivity contribution in [1.29, 1.82) is 0 Å². The first-order valence-corrected chi connectivity index (χ1v) is 18.3. The molecule has 0 aliphatic carbocycles. The van der Waals surface area contributed by atoms with Gasteiger partial charge < -0.3 is 19.9 Å². The average molecular weight is 699 g/mol. The molecule has 0 radical (unpaired) electrons. The second kappa shape index (κ2) is 15.0. The highest BCUT2D eigenvalue weighted by Crippen LogP contribution is 2.33. The minimum Gasteiger partial charge on any atom is -0.484 e. The van der Waals surface area contributed by atoms with Gasteiger partial charge in [-0.05, 0) is 60.5 Å². The van der Waals surface area contributed by atoms with Crippen LogP contribution in [0, 0.1) is 6.92 Å². The van der Waals surface area contributed by atoms with Gasteiger partial charge in [-0.25, -0.2) is 13.1 Å². The Bertz CT molecular complexity index is 2240. The number of nitrogens with zero attached hydrogens (tertiary/aromatic N) is 4. The van der Waals surface area contributed by atoms with Gasteiger partial charge in [0.15, 0.2) is 12.4 Å². The summed E-state index contributed by atoms with van der Waals surface area (Å²) in [4.78, 5) is 17.2. The van der Waals surface area contributed by atoms with E-state index in [1.807, 2.05) is 108 Å². The fourth-order valence-electron chi connectivity index (χ4n) is 6.16. The molecule has 0 atom stereocenters. The van der Waals surface area contributed by atoms with Gasteiger partial charge in [0, 0.05) is 60.4 Å². The number of piperazine rings is 1. The summed E-state index contributed by atoms with van der Waals surface area (Å²) in [6.45, 7) is 4.83. The van der Waals surface area contributed by atoms with Gasteiger partial charge in [0.1, 0.15) is 11.4 Å². The van der Waals surface area contributed by atoms with Crippen LogP contribution in [-0.2, 0) is 21.4 Å². The molecule has 51 heavy (non-hydrogen) atoms. The highest BCUT2D eigenvalue weighted by atomic mass is 32.2. The zero-order chi connectivity index (χ0) is 35.2. The zero-order valence-corrected chi connectivity index (χ0v) is 29.0. The van der Waals surface area contributed by atoms with Crippen molar-refractivity contribution in [2.24, 2.45) is 0 Å². The van der Waals surface area contributed by atoms with Crippen LogP contribution in [0.3, 0.4) is 0 Å². The van der Waals surface area contributed by atoms with Crippen molar-refractivity contribution in [3.8, 4) is 17.0 Å². The summed E-state index contributed by atoms with van der Waals surface area (Å²) < 4.78 is 35.3. The molecule has 1 aliphatic rings. The molecule has 10 nitrogen and oxygen atoms in total. The number of ether oxygens (including phenoxy) is 1. The van der Waals surface area contributed by atoms with Crippen molar-refractivity contribution in [3.05, 3.63) is 139 Å². The summed E-state index contributed by atoms with van der Waals surface area (Å²) in [5.74, 6) is 1.11. The van der Waals surface area contributed by atoms with Gasteiger partial charge in [-0.1, -0.05) is 84.9 Å². The first-order chi connectivity index (χ1) is 24.8. The number of sulfonamides is 1. The van der Waals surface area contributed by atoms with Gasteiger partial charge in [-0.3, -0.25) is 4.79 Å². The van der Waals surface area contributed by atoms with E-state index in [4.69, 9.17) is 4.74 Å². The lowest BCUT2D eigenvalue weighted by Crippen LogP contribution is -2.50. The van der Waals surface area contributed by atoms with Crippen molar-refractivity contribution in [1.82, 2.24) is 19.8 Å². The Labute approximate surface area is 297 Å². The Morgan fingerprint density at radius 1 is 0.765 bits per heavy atom. The van der Waals surface area contributed by atoms with Crippen LogP contribution in [0.25, 0.3) is 22.0 Å². The summed E-state index contributed by atoms with van der Waals surface area (Å²) in [6.07, 6.45) is 0. The van der Waals surface area contributed by atoms with E-state index in [-0.39, 0.29) is 24.0 Å². The molecule has 258 valence electrons. The van der Waals surface area contributed by atoms with Crippen molar-refractivity contribution < 1.29 is 17.9 Å². The molecular weight excluding hydrogens is 661 g/mol. The molecule has 1 aliphatic heterocycles. The van der Waals surface area contributed by atoms with E-state index in [0.717, 1.165) is 35.1 Å². The summed E-state index contributed by atoms with van der Waals surface area (Å²) in [6, 6.07) is 40.0. The average Bonchev–Trinajstić information content (AvgIpc) is 3.18. The van der Waals surface area contributed by atoms with E-state index in [1.54, 1.807) is 19.1 Å². The van der Waals surface area contributed by atoms with Crippen LogP contribution in [-0.4, -0.2) is 62.2 Å². The molecule has 1 saturated heterocycles. The lowest BCUT2D eigenvalue weighted by molar-refractivity contribution is -0.133. The number of benzene rings is 5. The number of carbonyl (C=O) groups excluding carboxylic acids is 1. The second-order valence-electron chi connectivity index (χ2n) is 12.4. The highest BCUT2D eigenvalue weighted by Gasteiger charge is 2.22. The molecule has 0 saturated carbocycles. The number of aromatic nitrogens is 2. The van der Waals surface area contributed by atoms with Crippen LogP contribution in [0.15, 0.2) is 132 Å². The topological polar surface area (TPSA) is 117 Å². The number of amides is 1. The maximum atomic E-state index is 13.4. The molecule has 7 rings (SSSR count). The number of rotatable bonds is 11. The maximum absolute atomic E-state index is 13.4. The van der Waals surface area contributed by atoms with Crippen LogP contribution in [0.4, 0.5) is 17.2 Å². The Morgan fingerprint density at radius 2 is 1.43 bits per heavy atom. The standard InChI is InChI=1S/C40H38N6O4S/c1-29-16-17-31(26-37(29)51(48,49)41-27-30-10-4-2-5-11-30)39-35-14-8-9-15-36(35)40(44-43-39)42-32-18-20-34(21-19-32)50-28-38(47)46-24-22-45(23-25-46)33-12-6-3-7-13-33/h2-21,26,41H,22-25,27-28H2,1H3,(H,42,44). The van der Waals surface area contributed by atoms with E-state index in [1.165, 1.54) is 5.69 Å². The SMILES string of the molecule is Cc1ccc(-c2nnc(Nc3ccc(OCC(=O)N4CCN(c5ccccc5)CC4)cc3)c3ccccc23)cc1S(=O)(=O)NCc1ccccc1. The predicted octanol–water partition coefficient (Wildman–Crippen LogP) is 6.55. The van der Waals surface area contributed by atoms with E-state index in [2.05, 4.69) is 37.3 Å². The Kier molecular flexibility index (Phi) is 9.91. The molecular formula is C40H38N6O4S. The molecule has 11 heteroatoms. The molecule has 2 N–H and O–H groups in total. The van der Waals surface area contributed by atoms with E-state index in [9.17, 15) is 13.2 Å². The lowest BCUT2D eigenvalue weighted by Gasteiger charge is -2.36. The fraction of sp³-hybridized carbons (Fsp3) is 0.175. The third-order valence-electron chi connectivity index (χ3n) is 8.98. The lowest BCUT2D eigenvalue weighted by atomic mass is 10.0. The van der Waals surface area contributed by atoms with Gasteiger partial charge >= 0.3 is 0 Å². The van der Waals surface area contributed by atoms with Crippen LogP contribution < -0.4 is 19.7 Å². The summed E-state index contributed by atoms with van der Waals surface area (Å²) in [5, 5.41) is 14.1. The zero-order valence-electron chi connectivity index (χ0n) is 28.2. The number of hydrogen-bond donors (Lipinski definition) is 2. The van der Waals surface area contributed by atoms with Gasteiger partial charge in [0.25, 0.3) is 5.91 Å². The van der Waals surface area contributed by atoms with Crippen molar-refractivity contribution in [3.63, 3.8) is 0 Å². The summed E-state index contributed by atoms with van der Waals surface area (Å²) >= 11 is 0. The van der Waals surface area contributed by atoms with Crippen molar-refractivity contribution in [2.45, 2.75) is 18.4 Å². The largest absolute Gasteiger partial charge is 0.484 e. The van der Waals surface area contributed by atoms with Crippen LogP contribution >= 0.6 is 0 Å². The molecule has 1 fully saturated rings. The summed E-state index contributed by atoms with van der Waals surface area (Å²) in [7, 11) is -3.80. The maximum Gasteiger partial charge on any atom is 0.260 e. The normalized spacial score (nSPS) is 13.3. The fourth-order valence-corrected chi connectivity index (χ4v) is 7.44.